The maximum atomic E-state index is 6.12. The molecule has 0 bridgehead atoms. The number of allylic oxidation sites excluding steroid dienone is 2. The molecule has 0 aromatic heterocycles. The lowest BCUT2D eigenvalue weighted by Crippen LogP contribution is -2.46. The minimum atomic E-state index is -0.0666. The maximum absolute atomic E-state index is 6.12. The first-order valence-electron chi connectivity index (χ1n) is 4.60. The van der Waals surface area contributed by atoms with Gasteiger partial charge in [-0.3, -0.25) is 0 Å². The Bertz CT molecular complexity index is 231. The van der Waals surface area contributed by atoms with Gasteiger partial charge in [-0.2, -0.15) is 0 Å². The number of hydrogen-bond acceptors (Lipinski definition) is 3. The van der Waals surface area contributed by atoms with E-state index < -0.39 is 0 Å². The quantitative estimate of drug-likeness (QED) is 0.475. The smallest absolute Gasteiger partial charge is 0.141 e. The van der Waals surface area contributed by atoms with Gasteiger partial charge in [-0.15, -0.1) is 0 Å². The van der Waals surface area contributed by atoms with Gasteiger partial charge in [0.2, 0.25) is 0 Å². The molecule has 1 fully saturated rings. The zero-order valence-electron chi connectivity index (χ0n) is 7.46. The van der Waals surface area contributed by atoms with Gasteiger partial charge < -0.3 is 15.5 Å². The third-order valence-corrected chi connectivity index (χ3v) is 2.70. The molecule has 1 atom stereocenters. The molecule has 2 N–H and O–H groups in total. The minimum Gasteiger partial charge on any atom is -0.370 e. The number of alkyl halides is 1. The second-order valence-corrected chi connectivity index (χ2v) is 3.65. The molecule has 3 nitrogen and oxygen atoms in total. The molecular formula is C9H14ClN3. The van der Waals surface area contributed by atoms with Crippen molar-refractivity contribution in [2.75, 3.05) is 26.2 Å². The highest BCUT2D eigenvalue weighted by atomic mass is 35.5. The van der Waals surface area contributed by atoms with Crippen LogP contribution in [-0.4, -0.2) is 36.6 Å². The third-order valence-electron chi connectivity index (χ3n) is 2.35. The van der Waals surface area contributed by atoms with E-state index in [0.717, 1.165) is 26.2 Å². The Kier molecular flexibility index (Phi) is 2.76. The van der Waals surface area contributed by atoms with Crippen LogP contribution in [0.4, 0.5) is 0 Å². The Morgan fingerprint density at radius 1 is 1.38 bits per heavy atom. The Balaban J connectivity index is 2.04. The fourth-order valence-corrected chi connectivity index (χ4v) is 1.93. The zero-order valence-corrected chi connectivity index (χ0v) is 8.22. The second kappa shape index (κ2) is 4.03. The van der Waals surface area contributed by atoms with Crippen molar-refractivity contribution in [1.82, 2.24) is 15.5 Å². The van der Waals surface area contributed by atoms with E-state index >= 15 is 0 Å². The monoisotopic (exact) mass is 199 g/mol. The summed E-state index contributed by atoms with van der Waals surface area (Å²) in [5.41, 5.74) is 1.12. The number of nitrogens with one attached hydrogen (secondary N) is 2. The van der Waals surface area contributed by atoms with Crippen LogP contribution >= 0.6 is 11.6 Å². The lowest BCUT2D eigenvalue weighted by molar-refractivity contribution is 0.288. The molecule has 1 saturated heterocycles. The van der Waals surface area contributed by atoms with Gasteiger partial charge >= 0.3 is 0 Å². The standard InChI is InChI=1S/C9H14ClN3/c10-9-8(2-1-3-12-9)13-6-4-11-5-7-13/h1-3,9,11-12H,4-7H2. The van der Waals surface area contributed by atoms with Crippen molar-refractivity contribution in [2.24, 2.45) is 0 Å². The highest BCUT2D eigenvalue weighted by Crippen LogP contribution is 2.16. The summed E-state index contributed by atoms with van der Waals surface area (Å²) in [5.74, 6) is 0. The maximum Gasteiger partial charge on any atom is 0.141 e. The molecule has 1 unspecified atom stereocenters. The van der Waals surface area contributed by atoms with E-state index in [1.807, 2.05) is 12.3 Å². The SMILES string of the molecule is ClC1NC=CC=C1N1CCNCC1. The summed E-state index contributed by atoms with van der Waals surface area (Å²) < 4.78 is 0. The summed E-state index contributed by atoms with van der Waals surface area (Å²) in [6.07, 6.45) is 5.96. The molecule has 13 heavy (non-hydrogen) atoms. The van der Waals surface area contributed by atoms with Crippen LogP contribution in [-0.2, 0) is 0 Å². The van der Waals surface area contributed by atoms with Gasteiger partial charge in [0.05, 0.1) is 5.70 Å². The molecule has 0 saturated carbocycles. The van der Waals surface area contributed by atoms with E-state index in [0.29, 0.717) is 0 Å². The predicted molar refractivity (Wildman–Crippen MR) is 54.4 cm³/mol. The van der Waals surface area contributed by atoms with Gasteiger partial charge in [0.1, 0.15) is 5.50 Å². The number of rotatable bonds is 1. The molecule has 0 aromatic rings. The van der Waals surface area contributed by atoms with Crippen LogP contribution in [0.15, 0.2) is 24.0 Å². The highest BCUT2D eigenvalue weighted by molar-refractivity contribution is 6.22. The summed E-state index contributed by atoms with van der Waals surface area (Å²) in [5, 5.41) is 6.40. The van der Waals surface area contributed by atoms with Gasteiger partial charge in [-0.25, -0.2) is 0 Å². The van der Waals surface area contributed by atoms with Crippen LogP contribution in [0.25, 0.3) is 0 Å². The molecule has 2 heterocycles. The van der Waals surface area contributed by atoms with Crippen molar-refractivity contribution < 1.29 is 0 Å². The molecule has 2 rings (SSSR count). The summed E-state index contributed by atoms with van der Waals surface area (Å²) in [7, 11) is 0. The van der Waals surface area contributed by atoms with Crippen LogP contribution in [0, 0.1) is 0 Å². The third kappa shape index (κ3) is 1.98. The average Bonchev–Trinajstić information content (AvgIpc) is 2.20. The fourth-order valence-electron chi connectivity index (χ4n) is 1.65. The summed E-state index contributed by atoms with van der Waals surface area (Å²) in [6.45, 7) is 4.18. The van der Waals surface area contributed by atoms with Gasteiger partial charge in [0.15, 0.2) is 0 Å². The lowest BCUT2D eigenvalue weighted by Gasteiger charge is -2.34. The van der Waals surface area contributed by atoms with E-state index in [2.05, 4.69) is 21.6 Å². The fraction of sp³-hybridized carbons (Fsp3) is 0.556. The first-order chi connectivity index (χ1) is 6.38. The number of hydrogen-bond donors (Lipinski definition) is 2. The van der Waals surface area contributed by atoms with E-state index in [-0.39, 0.29) is 5.50 Å². The Labute approximate surface area is 83.4 Å². The van der Waals surface area contributed by atoms with Crippen LogP contribution in [0.3, 0.4) is 0 Å². The number of dihydropyridines is 1. The van der Waals surface area contributed by atoms with Crippen molar-refractivity contribution in [2.45, 2.75) is 5.50 Å². The van der Waals surface area contributed by atoms with E-state index in [1.165, 1.54) is 5.70 Å². The van der Waals surface area contributed by atoms with Crippen LogP contribution in [0.5, 0.6) is 0 Å². The molecule has 0 spiro atoms. The van der Waals surface area contributed by atoms with Crippen molar-refractivity contribution in [3.63, 3.8) is 0 Å². The van der Waals surface area contributed by atoms with Crippen molar-refractivity contribution in [3.8, 4) is 0 Å². The van der Waals surface area contributed by atoms with Crippen molar-refractivity contribution >= 4 is 11.6 Å². The number of piperazine rings is 1. The molecular weight excluding hydrogens is 186 g/mol. The van der Waals surface area contributed by atoms with Gasteiger partial charge in [-0.1, -0.05) is 11.6 Å². The van der Waals surface area contributed by atoms with Gasteiger partial charge in [0.25, 0.3) is 0 Å². The zero-order chi connectivity index (χ0) is 9.10. The Morgan fingerprint density at radius 3 is 2.85 bits per heavy atom. The van der Waals surface area contributed by atoms with E-state index in [9.17, 15) is 0 Å². The average molecular weight is 200 g/mol. The first kappa shape index (κ1) is 8.91. The molecule has 0 radical (unpaired) electrons. The molecule has 0 amide bonds. The summed E-state index contributed by atoms with van der Waals surface area (Å²) >= 11 is 6.12. The second-order valence-electron chi connectivity index (χ2n) is 3.22. The van der Waals surface area contributed by atoms with Crippen LogP contribution in [0.1, 0.15) is 0 Å². The molecule has 72 valence electrons. The minimum absolute atomic E-state index is 0.0666. The predicted octanol–water partition coefficient (Wildman–Crippen LogP) is 0.457. The van der Waals surface area contributed by atoms with Crippen LogP contribution < -0.4 is 10.6 Å². The molecule has 4 heteroatoms. The largest absolute Gasteiger partial charge is 0.370 e. The van der Waals surface area contributed by atoms with Crippen molar-refractivity contribution in [3.05, 3.63) is 24.0 Å². The molecule has 0 aliphatic carbocycles. The first-order valence-corrected chi connectivity index (χ1v) is 5.04. The normalized spacial score (nSPS) is 28.2. The van der Waals surface area contributed by atoms with Crippen LogP contribution in [0.2, 0.25) is 0 Å². The number of nitrogens with zero attached hydrogens (tertiary/aromatic N) is 1. The van der Waals surface area contributed by atoms with Crippen molar-refractivity contribution in [1.29, 1.82) is 0 Å². The number of halogens is 1. The highest BCUT2D eigenvalue weighted by Gasteiger charge is 2.19. The van der Waals surface area contributed by atoms with E-state index in [1.54, 1.807) is 0 Å². The van der Waals surface area contributed by atoms with Gasteiger partial charge in [-0.05, 0) is 18.4 Å². The molecule has 0 aromatic carbocycles. The summed E-state index contributed by atoms with van der Waals surface area (Å²) in [6, 6.07) is 0. The molecule has 2 aliphatic heterocycles. The molecule has 2 aliphatic rings. The summed E-state index contributed by atoms with van der Waals surface area (Å²) in [4.78, 5) is 2.32. The van der Waals surface area contributed by atoms with E-state index in [4.69, 9.17) is 11.6 Å². The Hall–Kier alpha value is -0.670. The van der Waals surface area contributed by atoms with Gasteiger partial charge in [0, 0.05) is 26.2 Å². The lowest BCUT2D eigenvalue weighted by atomic mass is 10.2. The Morgan fingerprint density at radius 2 is 2.15 bits per heavy atom. The topological polar surface area (TPSA) is 27.3 Å².